The standard InChI is InChI=1S/C21H18ClN3O2/c1-12-17(20(26)24-16-6-4-3-5-7-16)19(14-8-10-15(22)11-9-14)18-13(2)25-27-21(18)23-12/h3-11,19,23H,1-2H3,(H,24,26). The Balaban J connectivity index is 1.80. The van der Waals surface area contributed by atoms with Crippen LogP contribution in [0.4, 0.5) is 11.6 Å². The summed E-state index contributed by atoms with van der Waals surface area (Å²) < 4.78 is 5.43. The Labute approximate surface area is 162 Å². The van der Waals surface area contributed by atoms with Gasteiger partial charge in [0.25, 0.3) is 5.91 Å². The zero-order valence-corrected chi connectivity index (χ0v) is 15.7. The van der Waals surface area contributed by atoms with Crippen molar-refractivity contribution in [3.05, 3.63) is 87.7 Å². The number of rotatable bonds is 3. The Morgan fingerprint density at radius 2 is 1.81 bits per heavy atom. The van der Waals surface area contributed by atoms with Crippen LogP contribution in [-0.4, -0.2) is 11.1 Å². The van der Waals surface area contributed by atoms with Crippen LogP contribution < -0.4 is 10.6 Å². The number of para-hydroxylation sites is 1. The molecule has 3 aromatic rings. The largest absolute Gasteiger partial charge is 0.338 e. The van der Waals surface area contributed by atoms with E-state index in [1.165, 1.54) is 0 Å². The fourth-order valence-electron chi connectivity index (χ4n) is 3.42. The van der Waals surface area contributed by atoms with Crippen LogP contribution in [0.15, 0.2) is 70.4 Å². The van der Waals surface area contributed by atoms with Crippen LogP contribution in [0.3, 0.4) is 0 Å². The van der Waals surface area contributed by atoms with E-state index in [4.69, 9.17) is 16.1 Å². The first kappa shape index (κ1) is 17.4. The lowest BCUT2D eigenvalue weighted by atomic mass is 9.81. The van der Waals surface area contributed by atoms with Crippen LogP contribution >= 0.6 is 11.6 Å². The number of carbonyl (C=O) groups is 1. The number of anilines is 2. The SMILES string of the molecule is CC1=C(C(=O)Nc2ccccc2)C(c2ccc(Cl)cc2)c2c(C)noc2N1. The van der Waals surface area contributed by atoms with Gasteiger partial charge in [0.15, 0.2) is 0 Å². The minimum Gasteiger partial charge on any atom is -0.338 e. The second-order valence-electron chi connectivity index (χ2n) is 6.48. The molecule has 1 amide bonds. The van der Waals surface area contributed by atoms with Crippen LogP contribution in [0.25, 0.3) is 0 Å². The van der Waals surface area contributed by atoms with Crippen LogP contribution in [0.5, 0.6) is 0 Å². The van der Waals surface area contributed by atoms with Crippen molar-refractivity contribution >= 4 is 29.1 Å². The third kappa shape index (κ3) is 3.22. The van der Waals surface area contributed by atoms with Crippen LogP contribution in [-0.2, 0) is 4.79 Å². The molecular formula is C21H18ClN3O2. The second-order valence-corrected chi connectivity index (χ2v) is 6.92. The molecule has 0 radical (unpaired) electrons. The Hall–Kier alpha value is -3.05. The van der Waals surface area contributed by atoms with Crippen molar-refractivity contribution in [2.75, 3.05) is 10.6 Å². The van der Waals surface area contributed by atoms with Gasteiger partial charge in [-0.2, -0.15) is 0 Å². The van der Waals surface area contributed by atoms with Gasteiger partial charge >= 0.3 is 0 Å². The minimum atomic E-state index is -0.298. The molecule has 1 aromatic heterocycles. The highest BCUT2D eigenvalue weighted by Crippen LogP contribution is 2.43. The van der Waals surface area contributed by atoms with Crippen molar-refractivity contribution in [2.45, 2.75) is 19.8 Å². The first-order valence-electron chi connectivity index (χ1n) is 8.60. The van der Waals surface area contributed by atoms with Gasteiger partial charge in [0, 0.05) is 27.9 Å². The Morgan fingerprint density at radius 3 is 2.52 bits per heavy atom. The zero-order chi connectivity index (χ0) is 19.0. The molecule has 1 atom stereocenters. The molecule has 0 fully saturated rings. The van der Waals surface area contributed by atoms with Crippen molar-refractivity contribution < 1.29 is 9.32 Å². The fourth-order valence-corrected chi connectivity index (χ4v) is 3.54. The maximum absolute atomic E-state index is 13.2. The van der Waals surface area contributed by atoms with E-state index in [-0.39, 0.29) is 11.8 Å². The van der Waals surface area contributed by atoms with Gasteiger partial charge in [0.2, 0.25) is 5.88 Å². The normalized spacial score (nSPS) is 15.9. The highest BCUT2D eigenvalue weighted by Gasteiger charge is 2.36. The van der Waals surface area contributed by atoms with E-state index in [9.17, 15) is 4.79 Å². The van der Waals surface area contributed by atoms with E-state index in [0.717, 1.165) is 28.2 Å². The van der Waals surface area contributed by atoms with Crippen molar-refractivity contribution in [3.63, 3.8) is 0 Å². The summed E-state index contributed by atoms with van der Waals surface area (Å²) in [6, 6.07) is 16.9. The quantitative estimate of drug-likeness (QED) is 0.663. The number of amides is 1. The molecule has 1 aliphatic rings. The maximum atomic E-state index is 13.2. The van der Waals surface area contributed by atoms with E-state index in [2.05, 4.69) is 15.8 Å². The molecular weight excluding hydrogens is 362 g/mol. The lowest BCUT2D eigenvalue weighted by Crippen LogP contribution is -2.26. The number of nitrogens with zero attached hydrogens (tertiary/aromatic N) is 1. The summed E-state index contributed by atoms with van der Waals surface area (Å²) in [6.45, 7) is 3.74. The number of carbonyl (C=O) groups excluding carboxylic acids is 1. The summed E-state index contributed by atoms with van der Waals surface area (Å²) in [4.78, 5) is 13.2. The van der Waals surface area contributed by atoms with Crippen molar-refractivity contribution in [2.24, 2.45) is 0 Å². The average Bonchev–Trinajstić information content (AvgIpc) is 3.02. The predicted octanol–water partition coefficient (Wildman–Crippen LogP) is 5.11. The molecule has 5 nitrogen and oxygen atoms in total. The molecule has 2 heterocycles. The molecule has 1 unspecified atom stereocenters. The molecule has 2 aromatic carbocycles. The van der Waals surface area contributed by atoms with Gasteiger partial charge in [-0.25, -0.2) is 0 Å². The molecule has 0 saturated heterocycles. The van der Waals surface area contributed by atoms with Gasteiger partial charge in [0.05, 0.1) is 11.3 Å². The molecule has 0 saturated carbocycles. The first-order chi connectivity index (χ1) is 13.0. The summed E-state index contributed by atoms with van der Waals surface area (Å²) in [5.41, 5.74) is 4.65. The summed E-state index contributed by atoms with van der Waals surface area (Å²) in [7, 11) is 0. The number of aromatic nitrogens is 1. The summed E-state index contributed by atoms with van der Waals surface area (Å²) in [5.74, 6) is 0.104. The number of allylic oxidation sites excluding steroid dienone is 1. The smallest absolute Gasteiger partial charge is 0.254 e. The molecule has 136 valence electrons. The highest BCUT2D eigenvalue weighted by molar-refractivity contribution is 6.30. The van der Waals surface area contributed by atoms with E-state index in [1.807, 2.05) is 68.4 Å². The van der Waals surface area contributed by atoms with Crippen molar-refractivity contribution in [1.29, 1.82) is 0 Å². The molecule has 27 heavy (non-hydrogen) atoms. The minimum absolute atomic E-state index is 0.169. The molecule has 1 aliphatic heterocycles. The van der Waals surface area contributed by atoms with Gasteiger partial charge in [-0.15, -0.1) is 0 Å². The first-order valence-corrected chi connectivity index (χ1v) is 8.98. The third-order valence-corrected chi connectivity index (χ3v) is 4.92. The summed E-state index contributed by atoms with van der Waals surface area (Å²) in [6.07, 6.45) is 0. The van der Waals surface area contributed by atoms with Gasteiger partial charge in [-0.3, -0.25) is 4.79 Å². The average molecular weight is 380 g/mol. The number of aryl methyl sites for hydroxylation is 1. The molecule has 6 heteroatoms. The third-order valence-electron chi connectivity index (χ3n) is 4.67. The number of halogens is 1. The lowest BCUT2D eigenvalue weighted by Gasteiger charge is -2.27. The number of hydrogen-bond acceptors (Lipinski definition) is 4. The van der Waals surface area contributed by atoms with Crippen LogP contribution in [0.2, 0.25) is 5.02 Å². The number of fused-ring (bicyclic) bond motifs is 1. The monoisotopic (exact) mass is 379 g/mol. The Morgan fingerprint density at radius 1 is 1.11 bits per heavy atom. The summed E-state index contributed by atoms with van der Waals surface area (Å²) >= 11 is 6.06. The van der Waals surface area contributed by atoms with E-state index in [1.54, 1.807) is 0 Å². The molecule has 0 spiro atoms. The Kier molecular flexibility index (Phi) is 4.46. The van der Waals surface area contributed by atoms with Crippen molar-refractivity contribution in [3.8, 4) is 0 Å². The van der Waals surface area contributed by atoms with Crippen LogP contribution in [0, 0.1) is 6.92 Å². The second kappa shape index (κ2) is 6.93. The molecule has 0 bridgehead atoms. The van der Waals surface area contributed by atoms with Gasteiger partial charge in [-0.05, 0) is 43.7 Å². The number of hydrogen-bond donors (Lipinski definition) is 2. The van der Waals surface area contributed by atoms with Gasteiger partial charge < -0.3 is 15.2 Å². The number of nitrogens with one attached hydrogen (secondary N) is 2. The van der Waals surface area contributed by atoms with E-state index < -0.39 is 0 Å². The van der Waals surface area contributed by atoms with Gasteiger partial charge in [0.1, 0.15) is 0 Å². The molecule has 0 aliphatic carbocycles. The predicted molar refractivity (Wildman–Crippen MR) is 106 cm³/mol. The van der Waals surface area contributed by atoms with E-state index in [0.29, 0.717) is 16.5 Å². The fraction of sp³-hybridized carbons (Fsp3) is 0.143. The van der Waals surface area contributed by atoms with E-state index >= 15 is 0 Å². The topological polar surface area (TPSA) is 67.2 Å². The van der Waals surface area contributed by atoms with Crippen LogP contribution in [0.1, 0.15) is 29.7 Å². The maximum Gasteiger partial charge on any atom is 0.254 e. The zero-order valence-electron chi connectivity index (χ0n) is 14.9. The summed E-state index contributed by atoms with van der Waals surface area (Å²) in [5, 5.41) is 10.9. The number of benzene rings is 2. The van der Waals surface area contributed by atoms with Crippen molar-refractivity contribution in [1.82, 2.24) is 5.16 Å². The highest BCUT2D eigenvalue weighted by atomic mass is 35.5. The van der Waals surface area contributed by atoms with Gasteiger partial charge in [-0.1, -0.05) is 47.1 Å². The Bertz CT molecular complexity index is 1020. The molecule has 4 rings (SSSR count). The lowest BCUT2D eigenvalue weighted by molar-refractivity contribution is -0.113. The molecule has 2 N–H and O–H groups in total.